The first kappa shape index (κ1) is 13.4. The fraction of sp³-hybridized carbons (Fsp3) is 0. The van der Waals surface area contributed by atoms with Crippen LogP contribution in [0.5, 0.6) is 0 Å². The summed E-state index contributed by atoms with van der Waals surface area (Å²) >= 11 is 1.41. The van der Waals surface area contributed by atoms with Gasteiger partial charge in [-0.3, -0.25) is 4.98 Å². The molecule has 8 heteroatoms. The molecule has 3 aromatic heterocycles. The molecule has 0 radical (unpaired) electrons. The van der Waals surface area contributed by atoms with Crippen LogP contribution in [0.2, 0.25) is 0 Å². The monoisotopic (exact) mass is 319 g/mol. The quantitative estimate of drug-likeness (QED) is 0.601. The minimum absolute atomic E-state index is 0.528. The van der Waals surface area contributed by atoms with Crippen LogP contribution >= 0.6 is 11.3 Å². The highest BCUT2D eigenvalue weighted by molar-refractivity contribution is 7.18. The van der Waals surface area contributed by atoms with Crippen molar-refractivity contribution in [1.82, 2.24) is 25.1 Å². The van der Waals surface area contributed by atoms with Gasteiger partial charge in [0.15, 0.2) is 0 Å². The molecule has 110 valence electrons. The minimum atomic E-state index is 0.528. The third kappa shape index (κ3) is 2.49. The predicted molar refractivity (Wildman–Crippen MR) is 87.2 cm³/mol. The maximum atomic E-state index is 9.11. The second kappa shape index (κ2) is 5.47. The standard InChI is InChI=1S/C15H9N7S/c16-8-10-2-1-3-11-12(10)19-14(18-11)20-15-22-21-13(23-15)9-4-6-17-7-5-9/h1-7H,(H2,18,19,20,22). The van der Waals surface area contributed by atoms with Gasteiger partial charge in [0.05, 0.1) is 11.1 Å². The highest BCUT2D eigenvalue weighted by Gasteiger charge is 2.10. The van der Waals surface area contributed by atoms with Gasteiger partial charge < -0.3 is 10.3 Å². The Balaban J connectivity index is 1.64. The van der Waals surface area contributed by atoms with E-state index in [1.165, 1.54) is 11.3 Å². The van der Waals surface area contributed by atoms with Crippen molar-refractivity contribution in [2.45, 2.75) is 0 Å². The zero-order chi connectivity index (χ0) is 15.6. The van der Waals surface area contributed by atoms with E-state index >= 15 is 0 Å². The molecule has 0 aliphatic heterocycles. The van der Waals surface area contributed by atoms with Gasteiger partial charge in [0, 0.05) is 18.0 Å². The van der Waals surface area contributed by atoms with Gasteiger partial charge in [-0.25, -0.2) is 4.98 Å². The Kier molecular flexibility index (Phi) is 3.18. The predicted octanol–water partition coefficient (Wildman–Crippen LogP) is 3.09. The Hall–Kier alpha value is -3.31. The van der Waals surface area contributed by atoms with E-state index in [-0.39, 0.29) is 0 Å². The summed E-state index contributed by atoms with van der Waals surface area (Å²) in [6, 6.07) is 11.3. The van der Waals surface area contributed by atoms with Gasteiger partial charge in [0.2, 0.25) is 11.1 Å². The topological polar surface area (TPSA) is 103 Å². The average Bonchev–Trinajstić information content (AvgIpc) is 3.22. The van der Waals surface area contributed by atoms with Gasteiger partial charge in [-0.1, -0.05) is 17.4 Å². The molecule has 3 heterocycles. The number of hydrogen-bond donors (Lipinski definition) is 2. The van der Waals surface area contributed by atoms with Gasteiger partial charge in [-0.05, 0) is 24.3 Å². The molecule has 1 aromatic carbocycles. The molecule has 0 amide bonds. The van der Waals surface area contributed by atoms with E-state index in [2.05, 4.69) is 36.5 Å². The molecule has 0 atom stereocenters. The number of benzene rings is 1. The number of hydrogen-bond acceptors (Lipinski definition) is 7. The highest BCUT2D eigenvalue weighted by atomic mass is 32.1. The molecule has 4 rings (SSSR count). The van der Waals surface area contributed by atoms with E-state index in [0.29, 0.717) is 22.2 Å². The molecule has 0 saturated carbocycles. The first-order valence-electron chi connectivity index (χ1n) is 6.73. The number of aromatic nitrogens is 5. The first-order valence-corrected chi connectivity index (χ1v) is 7.55. The largest absolute Gasteiger partial charge is 0.324 e. The number of imidazole rings is 1. The van der Waals surface area contributed by atoms with Crippen LogP contribution in [0.3, 0.4) is 0 Å². The van der Waals surface area contributed by atoms with Crippen molar-refractivity contribution in [3.63, 3.8) is 0 Å². The van der Waals surface area contributed by atoms with Crippen molar-refractivity contribution in [1.29, 1.82) is 5.26 Å². The van der Waals surface area contributed by atoms with Gasteiger partial charge in [-0.15, -0.1) is 10.2 Å². The number of pyridine rings is 1. The first-order chi connectivity index (χ1) is 11.3. The van der Waals surface area contributed by atoms with Crippen LogP contribution in [0, 0.1) is 11.3 Å². The second-order valence-corrected chi connectivity index (χ2v) is 5.65. The molecule has 0 aliphatic rings. The maximum Gasteiger partial charge on any atom is 0.212 e. The normalized spacial score (nSPS) is 10.6. The number of anilines is 2. The third-order valence-electron chi connectivity index (χ3n) is 3.21. The number of nitrogens with one attached hydrogen (secondary N) is 2. The summed E-state index contributed by atoms with van der Waals surface area (Å²) in [6.07, 6.45) is 3.43. The number of para-hydroxylation sites is 1. The fourth-order valence-electron chi connectivity index (χ4n) is 2.17. The Labute approximate surface area is 134 Å². The average molecular weight is 319 g/mol. The number of nitriles is 1. The van der Waals surface area contributed by atoms with Crippen LogP contribution in [0.4, 0.5) is 11.1 Å². The van der Waals surface area contributed by atoms with Crippen LogP contribution < -0.4 is 5.32 Å². The van der Waals surface area contributed by atoms with E-state index < -0.39 is 0 Å². The second-order valence-electron chi connectivity index (χ2n) is 4.67. The SMILES string of the molecule is N#Cc1cccc2[nH]c(Nc3nnc(-c4ccncc4)s3)nc12. The summed E-state index contributed by atoms with van der Waals surface area (Å²) in [4.78, 5) is 11.5. The van der Waals surface area contributed by atoms with Gasteiger partial charge in [-0.2, -0.15) is 5.26 Å². The van der Waals surface area contributed by atoms with Crippen molar-refractivity contribution in [3.8, 4) is 16.6 Å². The van der Waals surface area contributed by atoms with E-state index in [0.717, 1.165) is 16.1 Å². The lowest BCUT2D eigenvalue weighted by Crippen LogP contribution is -1.91. The van der Waals surface area contributed by atoms with Crippen molar-refractivity contribution < 1.29 is 0 Å². The number of rotatable bonds is 3. The lowest BCUT2D eigenvalue weighted by Gasteiger charge is -1.94. The zero-order valence-corrected chi connectivity index (χ0v) is 12.5. The van der Waals surface area contributed by atoms with E-state index in [4.69, 9.17) is 5.26 Å². The van der Waals surface area contributed by atoms with Crippen molar-refractivity contribution in [3.05, 3.63) is 48.3 Å². The molecule has 0 aliphatic carbocycles. The molecule has 0 bridgehead atoms. The maximum absolute atomic E-state index is 9.11. The third-order valence-corrected chi connectivity index (χ3v) is 4.10. The highest BCUT2D eigenvalue weighted by Crippen LogP contribution is 2.28. The summed E-state index contributed by atoms with van der Waals surface area (Å²) in [5.41, 5.74) is 2.92. The van der Waals surface area contributed by atoms with E-state index in [1.54, 1.807) is 18.5 Å². The number of aromatic amines is 1. The van der Waals surface area contributed by atoms with Crippen LogP contribution in [-0.4, -0.2) is 25.1 Å². The molecule has 7 nitrogen and oxygen atoms in total. The summed E-state index contributed by atoms with van der Waals surface area (Å²) < 4.78 is 0. The fourth-order valence-corrected chi connectivity index (χ4v) is 2.92. The summed E-state index contributed by atoms with van der Waals surface area (Å²) in [5.74, 6) is 0.528. The Morgan fingerprint density at radius 3 is 2.83 bits per heavy atom. The van der Waals surface area contributed by atoms with Crippen molar-refractivity contribution >= 4 is 33.5 Å². The lowest BCUT2D eigenvalue weighted by molar-refractivity contribution is 1.09. The van der Waals surface area contributed by atoms with Crippen LogP contribution in [-0.2, 0) is 0 Å². The summed E-state index contributed by atoms with van der Waals surface area (Å²) in [6.45, 7) is 0. The van der Waals surface area contributed by atoms with Gasteiger partial charge in [0.1, 0.15) is 16.6 Å². The summed E-state index contributed by atoms with van der Waals surface area (Å²) in [5, 5.41) is 21.9. The van der Waals surface area contributed by atoms with Crippen LogP contribution in [0.25, 0.3) is 21.6 Å². The van der Waals surface area contributed by atoms with Crippen LogP contribution in [0.1, 0.15) is 5.56 Å². The Morgan fingerprint density at radius 2 is 2.00 bits per heavy atom. The molecular weight excluding hydrogens is 310 g/mol. The molecule has 0 fully saturated rings. The molecule has 4 aromatic rings. The zero-order valence-electron chi connectivity index (χ0n) is 11.7. The molecule has 2 N–H and O–H groups in total. The minimum Gasteiger partial charge on any atom is -0.324 e. The van der Waals surface area contributed by atoms with E-state index in [9.17, 15) is 0 Å². The Bertz CT molecular complexity index is 1010. The summed E-state index contributed by atoms with van der Waals surface area (Å²) in [7, 11) is 0. The molecule has 0 saturated heterocycles. The number of fused-ring (bicyclic) bond motifs is 1. The van der Waals surface area contributed by atoms with Crippen molar-refractivity contribution in [2.24, 2.45) is 0 Å². The molecular formula is C15H9N7S. The smallest absolute Gasteiger partial charge is 0.212 e. The van der Waals surface area contributed by atoms with Crippen LogP contribution in [0.15, 0.2) is 42.7 Å². The molecule has 0 unspecified atom stereocenters. The molecule has 23 heavy (non-hydrogen) atoms. The van der Waals surface area contributed by atoms with E-state index in [1.807, 2.05) is 24.3 Å². The lowest BCUT2D eigenvalue weighted by atomic mass is 10.2. The van der Waals surface area contributed by atoms with Gasteiger partial charge in [0.25, 0.3) is 0 Å². The number of nitrogens with zero attached hydrogens (tertiary/aromatic N) is 5. The molecule has 0 spiro atoms. The number of H-pyrrole nitrogens is 1. The Morgan fingerprint density at radius 1 is 1.13 bits per heavy atom. The van der Waals surface area contributed by atoms with Crippen molar-refractivity contribution in [2.75, 3.05) is 5.32 Å². The van der Waals surface area contributed by atoms with Gasteiger partial charge >= 0.3 is 0 Å².